The molecule has 0 saturated carbocycles. The molecule has 0 fully saturated rings. The van der Waals surface area contributed by atoms with Gasteiger partial charge in [-0.05, 0) is 12.8 Å². The van der Waals surface area contributed by atoms with E-state index < -0.39 is 0 Å². The molecule has 2 N–H and O–H groups in total. The second-order valence-corrected chi connectivity index (χ2v) is 3.11. The molecule has 0 heterocycles. The fourth-order valence-electron chi connectivity index (χ4n) is 1.08. The van der Waals surface area contributed by atoms with E-state index in [0.717, 1.165) is 38.8 Å². The Balaban J connectivity index is 3.79. The van der Waals surface area contributed by atoms with Crippen LogP contribution in [0.25, 0.3) is 0 Å². The Bertz CT molecular complexity index is 132. The fourth-order valence-corrected chi connectivity index (χ4v) is 1.08. The Morgan fingerprint density at radius 1 is 1.23 bits per heavy atom. The summed E-state index contributed by atoms with van der Waals surface area (Å²) in [5.74, 6) is 0. The molecule has 4 nitrogen and oxygen atoms in total. The van der Waals surface area contributed by atoms with Gasteiger partial charge in [0.15, 0.2) is 0 Å². The summed E-state index contributed by atoms with van der Waals surface area (Å²) in [6, 6.07) is -0.387. The van der Waals surface area contributed by atoms with Crippen molar-refractivity contribution in [2.24, 2.45) is 0 Å². The standard InChI is InChI=1S/C9H20N2O2/c1-3-5-7-11(8-6-4-2)9(12)10-13/h13H,3-8H2,1-2H3,(H,10,12). The smallest absolute Gasteiger partial charge is 0.323 e. The number of amides is 2. The number of carbonyl (C=O) groups excluding carboxylic acids is 1. The van der Waals surface area contributed by atoms with E-state index in [1.165, 1.54) is 0 Å². The third kappa shape index (κ3) is 5.47. The van der Waals surface area contributed by atoms with Crippen LogP contribution >= 0.6 is 0 Å². The Kier molecular flexibility index (Phi) is 7.39. The summed E-state index contributed by atoms with van der Waals surface area (Å²) in [4.78, 5) is 12.7. The van der Waals surface area contributed by atoms with E-state index in [0.29, 0.717) is 0 Å². The molecule has 0 saturated heterocycles. The summed E-state index contributed by atoms with van der Waals surface area (Å²) in [7, 11) is 0. The predicted octanol–water partition coefficient (Wildman–Crippen LogP) is 1.99. The average Bonchev–Trinajstić information content (AvgIpc) is 2.17. The molecule has 0 aromatic rings. The van der Waals surface area contributed by atoms with Crippen LogP contribution in [0, 0.1) is 0 Å². The van der Waals surface area contributed by atoms with Crippen molar-refractivity contribution in [2.45, 2.75) is 39.5 Å². The number of unbranched alkanes of at least 4 members (excludes halogenated alkanes) is 2. The minimum absolute atomic E-state index is 0.387. The van der Waals surface area contributed by atoms with E-state index >= 15 is 0 Å². The zero-order chi connectivity index (χ0) is 10.1. The van der Waals surface area contributed by atoms with E-state index in [1.54, 1.807) is 10.4 Å². The summed E-state index contributed by atoms with van der Waals surface area (Å²) in [6.07, 6.45) is 4.08. The molecule has 0 unspecified atom stereocenters. The topological polar surface area (TPSA) is 52.6 Å². The van der Waals surface area contributed by atoms with Crippen molar-refractivity contribution in [2.75, 3.05) is 13.1 Å². The lowest BCUT2D eigenvalue weighted by atomic mass is 10.3. The highest BCUT2D eigenvalue weighted by Gasteiger charge is 2.10. The summed E-state index contributed by atoms with van der Waals surface area (Å²) >= 11 is 0. The van der Waals surface area contributed by atoms with Crippen molar-refractivity contribution >= 4 is 6.03 Å². The molecule has 0 aliphatic heterocycles. The molecule has 0 atom stereocenters. The van der Waals surface area contributed by atoms with Gasteiger partial charge in [0.2, 0.25) is 0 Å². The Morgan fingerprint density at radius 3 is 2.00 bits per heavy atom. The van der Waals surface area contributed by atoms with Crippen molar-refractivity contribution in [3.05, 3.63) is 0 Å². The first-order valence-corrected chi connectivity index (χ1v) is 4.95. The number of nitrogens with one attached hydrogen (secondary N) is 1. The van der Waals surface area contributed by atoms with Crippen LogP contribution in [0.2, 0.25) is 0 Å². The third-order valence-corrected chi connectivity index (χ3v) is 1.95. The largest absolute Gasteiger partial charge is 0.341 e. The molecule has 0 aromatic carbocycles. The lowest BCUT2D eigenvalue weighted by molar-refractivity contribution is 0.128. The van der Waals surface area contributed by atoms with E-state index in [2.05, 4.69) is 13.8 Å². The van der Waals surface area contributed by atoms with Gasteiger partial charge in [-0.3, -0.25) is 5.21 Å². The van der Waals surface area contributed by atoms with Crippen LogP contribution in [0.5, 0.6) is 0 Å². The molecule has 78 valence electrons. The second kappa shape index (κ2) is 7.86. The Morgan fingerprint density at radius 2 is 1.69 bits per heavy atom. The van der Waals surface area contributed by atoms with Crippen molar-refractivity contribution < 1.29 is 10.0 Å². The van der Waals surface area contributed by atoms with Gasteiger partial charge in [0.25, 0.3) is 0 Å². The lowest BCUT2D eigenvalue weighted by Gasteiger charge is -2.20. The Hall–Kier alpha value is -0.770. The average molecular weight is 188 g/mol. The number of hydrogen-bond donors (Lipinski definition) is 2. The molecule has 13 heavy (non-hydrogen) atoms. The van der Waals surface area contributed by atoms with Gasteiger partial charge < -0.3 is 4.90 Å². The molecular weight excluding hydrogens is 168 g/mol. The van der Waals surface area contributed by atoms with Crippen molar-refractivity contribution in [3.63, 3.8) is 0 Å². The van der Waals surface area contributed by atoms with Crippen LogP contribution in [0.3, 0.4) is 0 Å². The van der Waals surface area contributed by atoms with E-state index in [9.17, 15) is 4.79 Å². The monoisotopic (exact) mass is 188 g/mol. The summed E-state index contributed by atoms with van der Waals surface area (Å²) in [6.45, 7) is 5.61. The SMILES string of the molecule is CCCCN(CCCC)C(=O)NO. The molecule has 0 aromatic heterocycles. The van der Waals surface area contributed by atoms with Gasteiger partial charge >= 0.3 is 6.03 Å². The van der Waals surface area contributed by atoms with Crippen molar-refractivity contribution in [1.29, 1.82) is 0 Å². The Labute approximate surface area is 79.9 Å². The number of urea groups is 1. The molecule has 0 spiro atoms. The highest BCUT2D eigenvalue weighted by atomic mass is 16.5. The summed E-state index contributed by atoms with van der Waals surface area (Å²) < 4.78 is 0. The third-order valence-electron chi connectivity index (χ3n) is 1.95. The minimum atomic E-state index is -0.387. The van der Waals surface area contributed by atoms with Crippen molar-refractivity contribution in [3.8, 4) is 0 Å². The molecular formula is C9H20N2O2. The van der Waals surface area contributed by atoms with Gasteiger partial charge in [-0.1, -0.05) is 26.7 Å². The van der Waals surface area contributed by atoms with E-state index in [1.807, 2.05) is 0 Å². The maximum absolute atomic E-state index is 11.1. The second-order valence-electron chi connectivity index (χ2n) is 3.11. The predicted molar refractivity (Wildman–Crippen MR) is 51.7 cm³/mol. The van der Waals surface area contributed by atoms with E-state index in [-0.39, 0.29) is 6.03 Å². The van der Waals surface area contributed by atoms with Crippen LogP contribution in [-0.2, 0) is 0 Å². The van der Waals surface area contributed by atoms with Gasteiger partial charge in [-0.15, -0.1) is 0 Å². The van der Waals surface area contributed by atoms with Gasteiger partial charge in [0, 0.05) is 13.1 Å². The molecule has 0 aliphatic rings. The molecule has 4 heteroatoms. The van der Waals surface area contributed by atoms with E-state index in [4.69, 9.17) is 5.21 Å². The number of rotatable bonds is 6. The van der Waals surface area contributed by atoms with Crippen LogP contribution in [-0.4, -0.2) is 29.2 Å². The zero-order valence-electron chi connectivity index (χ0n) is 8.55. The maximum atomic E-state index is 11.1. The maximum Gasteiger partial charge on any atom is 0.341 e. The van der Waals surface area contributed by atoms with Crippen LogP contribution in [0.4, 0.5) is 4.79 Å². The number of carbonyl (C=O) groups is 1. The first kappa shape index (κ1) is 12.2. The van der Waals surface area contributed by atoms with Crippen LogP contribution in [0.15, 0.2) is 0 Å². The van der Waals surface area contributed by atoms with Crippen molar-refractivity contribution in [1.82, 2.24) is 10.4 Å². The van der Waals surface area contributed by atoms with Crippen LogP contribution in [0.1, 0.15) is 39.5 Å². The minimum Gasteiger partial charge on any atom is -0.323 e. The van der Waals surface area contributed by atoms with Gasteiger partial charge in [-0.2, -0.15) is 0 Å². The zero-order valence-corrected chi connectivity index (χ0v) is 8.55. The first-order chi connectivity index (χ1) is 6.26. The highest BCUT2D eigenvalue weighted by molar-refractivity contribution is 5.72. The van der Waals surface area contributed by atoms with Gasteiger partial charge in [-0.25, -0.2) is 10.3 Å². The number of hydrogen-bond acceptors (Lipinski definition) is 2. The molecule has 0 radical (unpaired) electrons. The molecule has 0 aliphatic carbocycles. The van der Waals surface area contributed by atoms with Gasteiger partial charge in [0.05, 0.1) is 0 Å². The summed E-state index contributed by atoms with van der Waals surface area (Å²) in [5, 5.41) is 8.46. The number of nitrogens with zero attached hydrogens (tertiary/aromatic N) is 1. The quantitative estimate of drug-likeness (QED) is 0.494. The molecule has 2 amide bonds. The van der Waals surface area contributed by atoms with Crippen LogP contribution < -0.4 is 5.48 Å². The molecule has 0 bridgehead atoms. The lowest BCUT2D eigenvalue weighted by Crippen LogP contribution is -2.39. The summed E-state index contributed by atoms with van der Waals surface area (Å²) in [5.41, 5.74) is 1.67. The first-order valence-electron chi connectivity index (χ1n) is 4.95. The van der Waals surface area contributed by atoms with Gasteiger partial charge in [0.1, 0.15) is 0 Å². The normalized spacial score (nSPS) is 9.77. The highest BCUT2D eigenvalue weighted by Crippen LogP contribution is 1.99. The molecule has 0 rings (SSSR count). The fraction of sp³-hybridized carbons (Fsp3) is 0.889. The number of hydroxylamine groups is 1.